The second kappa shape index (κ2) is 4.71. The summed E-state index contributed by atoms with van der Waals surface area (Å²) < 4.78 is 0. The van der Waals surface area contributed by atoms with Crippen LogP contribution >= 0.6 is 0 Å². The summed E-state index contributed by atoms with van der Waals surface area (Å²) in [7, 11) is 0. The maximum Gasteiger partial charge on any atom is 0.0535 e. The third kappa shape index (κ3) is 2.36. The van der Waals surface area contributed by atoms with Gasteiger partial charge in [-0.05, 0) is 54.7 Å². The lowest BCUT2D eigenvalue weighted by Crippen LogP contribution is -2.10. The van der Waals surface area contributed by atoms with Crippen molar-refractivity contribution >= 4 is 5.69 Å². The zero-order valence-electron chi connectivity index (χ0n) is 11.5. The van der Waals surface area contributed by atoms with E-state index in [1.807, 2.05) is 0 Å². The summed E-state index contributed by atoms with van der Waals surface area (Å²) in [5.41, 5.74) is 12.6. The zero-order valence-corrected chi connectivity index (χ0v) is 11.5. The Morgan fingerprint density at radius 2 is 1.63 bits per heavy atom. The van der Waals surface area contributed by atoms with Crippen molar-refractivity contribution in [2.45, 2.75) is 32.4 Å². The summed E-state index contributed by atoms with van der Waals surface area (Å²) in [5.74, 6) is 0. The van der Waals surface area contributed by atoms with E-state index in [9.17, 15) is 0 Å². The van der Waals surface area contributed by atoms with Crippen molar-refractivity contribution in [1.29, 1.82) is 0 Å². The first-order valence-corrected chi connectivity index (χ1v) is 6.83. The SMILES string of the molecule is Cc1cc(C)cc(NC2CC(N)c3ccccc32)c1. The van der Waals surface area contributed by atoms with Gasteiger partial charge >= 0.3 is 0 Å². The van der Waals surface area contributed by atoms with Gasteiger partial charge in [-0.2, -0.15) is 0 Å². The van der Waals surface area contributed by atoms with Crippen molar-refractivity contribution in [3.05, 3.63) is 64.7 Å². The predicted octanol–water partition coefficient (Wildman–Crippen LogP) is 3.86. The zero-order chi connectivity index (χ0) is 13.4. The number of rotatable bonds is 2. The minimum absolute atomic E-state index is 0.152. The van der Waals surface area contributed by atoms with Gasteiger partial charge in [-0.3, -0.25) is 0 Å². The number of anilines is 1. The van der Waals surface area contributed by atoms with E-state index in [1.54, 1.807) is 0 Å². The van der Waals surface area contributed by atoms with Crippen LogP contribution in [-0.2, 0) is 0 Å². The van der Waals surface area contributed by atoms with Crippen LogP contribution < -0.4 is 11.1 Å². The molecule has 0 fully saturated rings. The van der Waals surface area contributed by atoms with Crippen LogP contribution in [0, 0.1) is 13.8 Å². The molecule has 3 rings (SSSR count). The molecule has 98 valence electrons. The highest BCUT2D eigenvalue weighted by Crippen LogP contribution is 2.39. The standard InChI is InChI=1S/C17H20N2/c1-11-7-12(2)9-13(8-11)19-17-10-16(18)14-5-3-4-6-15(14)17/h3-9,16-17,19H,10,18H2,1-2H3. The molecule has 2 unspecified atom stereocenters. The van der Waals surface area contributed by atoms with E-state index in [2.05, 4.69) is 61.6 Å². The van der Waals surface area contributed by atoms with Crippen LogP contribution in [0.4, 0.5) is 5.69 Å². The molecule has 0 aromatic heterocycles. The van der Waals surface area contributed by atoms with Crippen LogP contribution in [0.25, 0.3) is 0 Å². The highest BCUT2D eigenvalue weighted by Gasteiger charge is 2.27. The molecule has 0 saturated carbocycles. The van der Waals surface area contributed by atoms with Crippen molar-refractivity contribution < 1.29 is 0 Å². The first kappa shape index (κ1) is 12.2. The van der Waals surface area contributed by atoms with Crippen LogP contribution in [0.15, 0.2) is 42.5 Å². The Kier molecular flexibility index (Phi) is 3.03. The van der Waals surface area contributed by atoms with Gasteiger partial charge in [0, 0.05) is 11.7 Å². The molecular formula is C17H20N2. The molecule has 0 spiro atoms. The van der Waals surface area contributed by atoms with E-state index in [0.717, 1.165) is 6.42 Å². The largest absolute Gasteiger partial charge is 0.378 e. The highest BCUT2D eigenvalue weighted by atomic mass is 14.9. The topological polar surface area (TPSA) is 38.0 Å². The first-order chi connectivity index (χ1) is 9.13. The number of benzene rings is 2. The van der Waals surface area contributed by atoms with E-state index < -0.39 is 0 Å². The fraction of sp³-hybridized carbons (Fsp3) is 0.294. The van der Waals surface area contributed by atoms with Crippen LogP contribution in [0.2, 0.25) is 0 Å². The summed E-state index contributed by atoms with van der Waals surface area (Å²) in [4.78, 5) is 0. The van der Waals surface area contributed by atoms with E-state index >= 15 is 0 Å². The van der Waals surface area contributed by atoms with Crippen LogP contribution in [0.5, 0.6) is 0 Å². The second-order valence-corrected chi connectivity index (χ2v) is 5.54. The molecule has 0 aliphatic heterocycles. The normalized spacial score (nSPS) is 21.2. The van der Waals surface area contributed by atoms with Crippen molar-refractivity contribution in [2.75, 3.05) is 5.32 Å². The molecule has 0 saturated heterocycles. The van der Waals surface area contributed by atoms with E-state index in [-0.39, 0.29) is 6.04 Å². The molecule has 19 heavy (non-hydrogen) atoms. The fourth-order valence-electron chi connectivity index (χ4n) is 3.07. The maximum absolute atomic E-state index is 6.21. The molecule has 0 amide bonds. The summed E-state index contributed by atoms with van der Waals surface area (Å²) in [6, 6.07) is 15.5. The number of hydrogen-bond donors (Lipinski definition) is 2. The molecule has 0 radical (unpaired) electrons. The Hall–Kier alpha value is -1.80. The van der Waals surface area contributed by atoms with Crippen LogP contribution in [0.3, 0.4) is 0 Å². The van der Waals surface area contributed by atoms with Crippen molar-refractivity contribution in [1.82, 2.24) is 0 Å². The molecule has 2 atom stereocenters. The molecule has 1 aliphatic rings. The average Bonchev–Trinajstić information content (AvgIpc) is 2.66. The lowest BCUT2D eigenvalue weighted by atomic mass is 10.1. The monoisotopic (exact) mass is 252 g/mol. The number of nitrogens with one attached hydrogen (secondary N) is 1. The first-order valence-electron chi connectivity index (χ1n) is 6.83. The van der Waals surface area contributed by atoms with E-state index in [0.29, 0.717) is 6.04 Å². The van der Waals surface area contributed by atoms with Gasteiger partial charge in [0.1, 0.15) is 0 Å². The number of hydrogen-bond acceptors (Lipinski definition) is 2. The molecule has 0 heterocycles. The van der Waals surface area contributed by atoms with Gasteiger partial charge in [0.15, 0.2) is 0 Å². The van der Waals surface area contributed by atoms with Gasteiger partial charge in [0.2, 0.25) is 0 Å². The van der Waals surface area contributed by atoms with Crippen molar-refractivity contribution in [3.63, 3.8) is 0 Å². The van der Waals surface area contributed by atoms with E-state index in [4.69, 9.17) is 5.73 Å². The van der Waals surface area contributed by atoms with Gasteiger partial charge in [-0.25, -0.2) is 0 Å². The smallest absolute Gasteiger partial charge is 0.0535 e. The quantitative estimate of drug-likeness (QED) is 0.851. The number of fused-ring (bicyclic) bond motifs is 1. The summed E-state index contributed by atoms with van der Waals surface area (Å²) in [5, 5.41) is 3.63. The Morgan fingerprint density at radius 3 is 2.32 bits per heavy atom. The molecule has 2 aromatic carbocycles. The maximum atomic E-state index is 6.21. The molecule has 3 N–H and O–H groups in total. The number of aryl methyl sites for hydroxylation is 2. The Bertz CT molecular complexity index is 584. The van der Waals surface area contributed by atoms with Gasteiger partial charge in [0.05, 0.1) is 6.04 Å². The molecule has 0 bridgehead atoms. The van der Waals surface area contributed by atoms with Crippen molar-refractivity contribution in [3.8, 4) is 0 Å². The Labute approximate surface area is 114 Å². The van der Waals surface area contributed by atoms with Crippen LogP contribution in [-0.4, -0.2) is 0 Å². The average molecular weight is 252 g/mol. The van der Waals surface area contributed by atoms with Crippen LogP contribution in [0.1, 0.15) is 40.8 Å². The molecule has 2 aromatic rings. The predicted molar refractivity (Wildman–Crippen MR) is 80.3 cm³/mol. The van der Waals surface area contributed by atoms with Gasteiger partial charge < -0.3 is 11.1 Å². The Balaban J connectivity index is 1.89. The summed E-state index contributed by atoms with van der Waals surface area (Å²) >= 11 is 0. The number of nitrogens with two attached hydrogens (primary N) is 1. The van der Waals surface area contributed by atoms with Gasteiger partial charge in [-0.1, -0.05) is 30.3 Å². The fourth-order valence-corrected chi connectivity index (χ4v) is 3.07. The molecular weight excluding hydrogens is 232 g/mol. The van der Waals surface area contributed by atoms with Crippen molar-refractivity contribution in [2.24, 2.45) is 5.73 Å². The van der Waals surface area contributed by atoms with Gasteiger partial charge in [-0.15, -0.1) is 0 Å². The Morgan fingerprint density at radius 1 is 1.00 bits per heavy atom. The minimum Gasteiger partial charge on any atom is -0.378 e. The lowest BCUT2D eigenvalue weighted by Gasteiger charge is -2.16. The highest BCUT2D eigenvalue weighted by molar-refractivity contribution is 5.52. The minimum atomic E-state index is 0.152. The lowest BCUT2D eigenvalue weighted by molar-refractivity contribution is 0.648. The van der Waals surface area contributed by atoms with Gasteiger partial charge in [0.25, 0.3) is 0 Å². The second-order valence-electron chi connectivity index (χ2n) is 5.54. The summed E-state index contributed by atoms with van der Waals surface area (Å²) in [6.45, 7) is 4.26. The molecule has 1 aliphatic carbocycles. The third-order valence-electron chi connectivity index (χ3n) is 3.82. The molecule has 2 nitrogen and oxygen atoms in total. The molecule has 2 heteroatoms. The third-order valence-corrected chi connectivity index (χ3v) is 3.82. The summed E-state index contributed by atoms with van der Waals surface area (Å²) in [6.07, 6.45) is 0.965. The van der Waals surface area contributed by atoms with E-state index in [1.165, 1.54) is 27.9 Å².